The molecule has 0 radical (unpaired) electrons. The van der Waals surface area contributed by atoms with Gasteiger partial charge in [0.1, 0.15) is 5.75 Å². The average Bonchev–Trinajstić information content (AvgIpc) is 2.92. The normalized spacial score (nSPS) is 17.5. The van der Waals surface area contributed by atoms with Gasteiger partial charge in [0.15, 0.2) is 5.17 Å². The zero-order valence-electron chi connectivity index (χ0n) is 14.3. The van der Waals surface area contributed by atoms with E-state index >= 15 is 0 Å². The minimum Gasteiger partial charge on any atom is -0.497 e. The fourth-order valence-electron chi connectivity index (χ4n) is 2.48. The largest absolute Gasteiger partial charge is 0.497 e. The second-order valence-corrected chi connectivity index (χ2v) is 6.58. The predicted molar refractivity (Wildman–Crippen MR) is 104 cm³/mol. The Morgan fingerprint density at radius 2 is 1.84 bits per heavy atom. The van der Waals surface area contributed by atoms with Gasteiger partial charge in [-0.3, -0.25) is 9.69 Å². The van der Waals surface area contributed by atoms with E-state index in [0.29, 0.717) is 11.4 Å². The van der Waals surface area contributed by atoms with Crippen molar-refractivity contribution in [2.45, 2.75) is 13.3 Å². The molecule has 4 nitrogen and oxygen atoms in total. The number of hydrogen-bond donors (Lipinski definition) is 0. The first kappa shape index (κ1) is 17.3. The Morgan fingerprint density at radius 3 is 2.48 bits per heavy atom. The molecule has 0 saturated carbocycles. The molecule has 5 heteroatoms. The van der Waals surface area contributed by atoms with Gasteiger partial charge in [-0.2, -0.15) is 0 Å². The van der Waals surface area contributed by atoms with E-state index in [4.69, 9.17) is 4.74 Å². The van der Waals surface area contributed by atoms with Gasteiger partial charge in [-0.15, -0.1) is 0 Å². The van der Waals surface area contributed by atoms with Crippen LogP contribution in [0, 0.1) is 0 Å². The lowest BCUT2D eigenvalue weighted by Gasteiger charge is -2.14. The number of amidine groups is 1. The number of methoxy groups -OCH3 is 1. The zero-order valence-corrected chi connectivity index (χ0v) is 15.1. The number of benzene rings is 2. The Kier molecular flexibility index (Phi) is 5.56. The Balaban J connectivity index is 1.90. The van der Waals surface area contributed by atoms with Crippen LogP contribution in [0.15, 0.2) is 64.5 Å². The summed E-state index contributed by atoms with van der Waals surface area (Å²) in [7, 11) is 1.63. The first-order chi connectivity index (χ1) is 12.2. The van der Waals surface area contributed by atoms with Gasteiger partial charge in [0.2, 0.25) is 0 Å². The maximum Gasteiger partial charge on any atom is 0.266 e. The third kappa shape index (κ3) is 4.12. The van der Waals surface area contributed by atoms with Gasteiger partial charge in [-0.05, 0) is 54.1 Å². The van der Waals surface area contributed by atoms with Gasteiger partial charge in [-0.25, -0.2) is 4.99 Å². The van der Waals surface area contributed by atoms with E-state index < -0.39 is 0 Å². The lowest BCUT2D eigenvalue weighted by atomic mass is 10.2. The van der Waals surface area contributed by atoms with E-state index in [2.05, 4.69) is 11.9 Å². The van der Waals surface area contributed by atoms with Crippen molar-refractivity contribution in [1.82, 2.24) is 4.90 Å². The number of ether oxygens (including phenoxy) is 1. The number of thioether (sulfide) groups is 1. The van der Waals surface area contributed by atoms with Crippen molar-refractivity contribution in [3.8, 4) is 5.75 Å². The Morgan fingerprint density at radius 1 is 1.12 bits per heavy atom. The third-order valence-corrected chi connectivity index (χ3v) is 4.74. The summed E-state index contributed by atoms with van der Waals surface area (Å²) < 4.78 is 5.17. The second-order valence-electron chi connectivity index (χ2n) is 5.57. The second kappa shape index (κ2) is 8.03. The van der Waals surface area contributed by atoms with Crippen molar-refractivity contribution in [2.24, 2.45) is 4.99 Å². The lowest BCUT2D eigenvalue weighted by Crippen LogP contribution is -2.29. The van der Waals surface area contributed by atoms with Crippen molar-refractivity contribution in [1.29, 1.82) is 0 Å². The highest BCUT2D eigenvalue weighted by Gasteiger charge is 2.32. The van der Waals surface area contributed by atoms with Crippen LogP contribution in [0.5, 0.6) is 5.75 Å². The number of hydrogen-bond acceptors (Lipinski definition) is 4. The summed E-state index contributed by atoms with van der Waals surface area (Å²) in [6.07, 6.45) is 2.80. The molecular weight excluding hydrogens is 332 g/mol. The first-order valence-electron chi connectivity index (χ1n) is 8.20. The standard InChI is InChI=1S/C20H20N2O2S/c1-3-13-22-19(23)18(14-15-7-5-4-6-8-15)25-20(22)21-16-9-11-17(24-2)12-10-16/h4-12,14H,3,13H2,1-2H3/b18-14+,21-20?. The molecule has 0 bridgehead atoms. The molecule has 1 aliphatic rings. The number of amides is 1. The van der Waals surface area contributed by atoms with Gasteiger partial charge in [0.25, 0.3) is 5.91 Å². The Bertz CT molecular complexity index is 798. The number of carbonyl (C=O) groups excluding carboxylic acids is 1. The third-order valence-electron chi connectivity index (χ3n) is 3.73. The predicted octanol–water partition coefficient (Wildman–Crippen LogP) is 4.71. The molecule has 1 saturated heterocycles. The number of carbonyl (C=O) groups is 1. The molecule has 0 aliphatic carbocycles. The van der Waals surface area contributed by atoms with E-state index in [-0.39, 0.29) is 5.91 Å². The van der Waals surface area contributed by atoms with Crippen molar-refractivity contribution in [3.63, 3.8) is 0 Å². The SMILES string of the molecule is CCCN1C(=O)/C(=C\c2ccccc2)SC1=Nc1ccc(OC)cc1. The summed E-state index contributed by atoms with van der Waals surface area (Å²) in [5.74, 6) is 0.803. The molecule has 25 heavy (non-hydrogen) atoms. The summed E-state index contributed by atoms with van der Waals surface area (Å²) in [6, 6.07) is 17.4. The van der Waals surface area contributed by atoms with Gasteiger partial charge in [-0.1, -0.05) is 37.3 Å². The van der Waals surface area contributed by atoms with Gasteiger partial charge in [0, 0.05) is 6.54 Å². The van der Waals surface area contributed by atoms with Crippen molar-refractivity contribution >= 4 is 34.6 Å². The van der Waals surface area contributed by atoms with Crippen LogP contribution in [-0.4, -0.2) is 29.6 Å². The molecular formula is C20H20N2O2S. The fourth-order valence-corrected chi connectivity index (χ4v) is 3.50. The molecule has 2 aromatic rings. The van der Waals surface area contributed by atoms with Crippen LogP contribution in [0.4, 0.5) is 5.69 Å². The molecule has 0 aromatic heterocycles. The van der Waals surface area contributed by atoms with Gasteiger partial charge >= 0.3 is 0 Å². The van der Waals surface area contributed by atoms with Crippen LogP contribution >= 0.6 is 11.8 Å². The molecule has 2 aromatic carbocycles. The average molecular weight is 352 g/mol. The Hall–Kier alpha value is -2.53. The minimum absolute atomic E-state index is 0.0166. The molecule has 3 rings (SSSR count). The molecule has 0 unspecified atom stereocenters. The van der Waals surface area contributed by atoms with Crippen LogP contribution in [0.25, 0.3) is 6.08 Å². The van der Waals surface area contributed by atoms with E-state index in [1.807, 2.05) is 60.7 Å². The van der Waals surface area contributed by atoms with E-state index in [1.54, 1.807) is 12.0 Å². The van der Waals surface area contributed by atoms with E-state index in [0.717, 1.165) is 28.6 Å². The van der Waals surface area contributed by atoms with E-state index in [1.165, 1.54) is 11.8 Å². The summed E-state index contributed by atoms with van der Waals surface area (Å²) >= 11 is 1.42. The molecule has 0 spiro atoms. The number of rotatable bonds is 5. The number of aliphatic imine (C=N–C) groups is 1. The quantitative estimate of drug-likeness (QED) is 0.732. The molecule has 0 N–H and O–H groups in total. The smallest absolute Gasteiger partial charge is 0.266 e. The molecule has 1 aliphatic heterocycles. The highest BCUT2D eigenvalue weighted by Crippen LogP contribution is 2.34. The minimum atomic E-state index is 0.0166. The fraction of sp³-hybridized carbons (Fsp3) is 0.200. The molecule has 128 valence electrons. The Labute approximate surface area is 152 Å². The lowest BCUT2D eigenvalue weighted by molar-refractivity contribution is -0.122. The summed E-state index contributed by atoms with van der Waals surface area (Å²) in [5.41, 5.74) is 1.82. The van der Waals surface area contributed by atoms with Gasteiger partial charge in [0.05, 0.1) is 17.7 Å². The monoisotopic (exact) mass is 352 g/mol. The summed E-state index contributed by atoms with van der Waals surface area (Å²) in [6.45, 7) is 2.72. The maximum absolute atomic E-state index is 12.7. The molecule has 1 fully saturated rings. The molecule has 1 heterocycles. The van der Waals surface area contributed by atoms with Crippen molar-refractivity contribution < 1.29 is 9.53 Å². The van der Waals surface area contributed by atoms with Crippen LogP contribution in [-0.2, 0) is 4.79 Å². The molecule has 1 amide bonds. The number of nitrogens with zero attached hydrogens (tertiary/aromatic N) is 2. The zero-order chi connectivity index (χ0) is 17.6. The van der Waals surface area contributed by atoms with Crippen molar-refractivity contribution in [3.05, 3.63) is 65.1 Å². The van der Waals surface area contributed by atoms with Crippen LogP contribution in [0.2, 0.25) is 0 Å². The summed E-state index contributed by atoms with van der Waals surface area (Å²) in [4.78, 5) is 19.9. The van der Waals surface area contributed by atoms with Gasteiger partial charge < -0.3 is 4.74 Å². The highest BCUT2D eigenvalue weighted by molar-refractivity contribution is 8.18. The van der Waals surface area contributed by atoms with Crippen LogP contribution < -0.4 is 4.74 Å². The maximum atomic E-state index is 12.7. The molecule has 0 atom stereocenters. The summed E-state index contributed by atoms with van der Waals surface area (Å²) in [5, 5.41) is 0.721. The van der Waals surface area contributed by atoms with Crippen molar-refractivity contribution in [2.75, 3.05) is 13.7 Å². The topological polar surface area (TPSA) is 41.9 Å². The first-order valence-corrected chi connectivity index (χ1v) is 9.02. The van der Waals surface area contributed by atoms with Crippen LogP contribution in [0.3, 0.4) is 0 Å². The van der Waals surface area contributed by atoms with E-state index in [9.17, 15) is 4.79 Å². The highest BCUT2D eigenvalue weighted by atomic mass is 32.2. The van der Waals surface area contributed by atoms with Crippen LogP contribution in [0.1, 0.15) is 18.9 Å².